The molecule has 4 heterocycles. The number of hydrogen-bond acceptors (Lipinski definition) is 5. The summed E-state index contributed by atoms with van der Waals surface area (Å²) in [5.41, 5.74) is 1.32. The molecule has 2 fully saturated rings. The van der Waals surface area contributed by atoms with Crippen molar-refractivity contribution in [2.75, 3.05) is 29.9 Å². The van der Waals surface area contributed by atoms with Crippen LogP contribution in [0.15, 0.2) is 41.3 Å². The van der Waals surface area contributed by atoms with Crippen LogP contribution < -0.4 is 10.2 Å². The van der Waals surface area contributed by atoms with Crippen molar-refractivity contribution < 1.29 is 9.59 Å². The van der Waals surface area contributed by atoms with Gasteiger partial charge >= 0.3 is 0 Å². The Balaban J connectivity index is 1.50. The van der Waals surface area contributed by atoms with E-state index in [1.807, 2.05) is 36.9 Å². The Hall–Kier alpha value is -2.48. The minimum atomic E-state index is -0.0755. The van der Waals surface area contributed by atoms with Crippen molar-refractivity contribution in [1.82, 2.24) is 14.9 Å². The second kappa shape index (κ2) is 9.34. The number of anilines is 2. The zero-order valence-corrected chi connectivity index (χ0v) is 19.5. The Morgan fingerprint density at radius 3 is 2.71 bits per heavy atom. The minimum absolute atomic E-state index is 0.0172. The second-order valence-corrected chi connectivity index (χ2v) is 9.58. The van der Waals surface area contributed by atoms with Crippen LogP contribution in [0.4, 0.5) is 11.5 Å². The van der Waals surface area contributed by atoms with Gasteiger partial charge in [-0.25, -0.2) is 4.98 Å². The third-order valence-corrected chi connectivity index (χ3v) is 6.54. The predicted octanol–water partition coefficient (Wildman–Crippen LogP) is 3.96. The van der Waals surface area contributed by atoms with E-state index in [2.05, 4.69) is 36.1 Å². The molecule has 2 aliphatic rings. The standard InChI is InChI=1S/C23H28BrN5O2/c1-15(2)22(30)27-19-6-7-21(26-12-19)29-8-4-3-5-16-13-28(14-20(16)29)23(31)17-9-18(24)11-25-10-17/h6-7,9-12,15-16,20H,3-5,8,13-14H2,1-2H3,(H,27,30)/t16-,20+/m1/s1. The van der Waals surface area contributed by atoms with Crippen molar-refractivity contribution >= 4 is 39.2 Å². The van der Waals surface area contributed by atoms with Crippen molar-refractivity contribution in [2.24, 2.45) is 11.8 Å². The van der Waals surface area contributed by atoms with Crippen molar-refractivity contribution in [3.05, 3.63) is 46.8 Å². The van der Waals surface area contributed by atoms with Crippen molar-refractivity contribution in [1.29, 1.82) is 0 Å². The maximum atomic E-state index is 13.1. The first-order valence-electron chi connectivity index (χ1n) is 10.9. The summed E-state index contributed by atoms with van der Waals surface area (Å²) in [7, 11) is 0. The van der Waals surface area contributed by atoms with Crippen LogP contribution in [0.3, 0.4) is 0 Å². The van der Waals surface area contributed by atoms with E-state index < -0.39 is 0 Å². The fourth-order valence-corrected chi connectivity index (χ4v) is 4.79. The van der Waals surface area contributed by atoms with Crippen LogP contribution in [0.5, 0.6) is 0 Å². The number of rotatable bonds is 4. The van der Waals surface area contributed by atoms with Crippen LogP contribution in [0.1, 0.15) is 43.5 Å². The number of hydrogen-bond donors (Lipinski definition) is 1. The highest BCUT2D eigenvalue weighted by molar-refractivity contribution is 9.10. The summed E-state index contributed by atoms with van der Waals surface area (Å²) in [4.78, 5) is 38.1. The summed E-state index contributed by atoms with van der Waals surface area (Å²) < 4.78 is 0.808. The van der Waals surface area contributed by atoms with Crippen LogP contribution in [-0.2, 0) is 4.79 Å². The van der Waals surface area contributed by atoms with Gasteiger partial charge in [0, 0.05) is 42.4 Å². The summed E-state index contributed by atoms with van der Waals surface area (Å²) in [6.45, 7) is 6.10. The van der Waals surface area contributed by atoms with Crippen LogP contribution >= 0.6 is 15.9 Å². The Morgan fingerprint density at radius 2 is 2.00 bits per heavy atom. The fourth-order valence-electron chi connectivity index (χ4n) is 4.42. The number of carbonyl (C=O) groups is 2. The zero-order chi connectivity index (χ0) is 22.0. The van der Waals surface area contributed by atoms with E-state index in [1.165, 1.54) is 0 Å². The molecule has 7 nitrogen and oxygen atoms in total. The number of pyridine rings is 2. The maximum absolute atomic E-state index is 13.1. The smallest absolute Gasteiger partial charge is 0.255 e. The van der Waals surface area contributed by atoms with Gasteiger partial charge in [-0.15, -0.1) is 0 Å². The number of carbonyl (C=O) groups excluding carboxylic acids is 2. The Morgan fingerprint density at radius 1 is 1.16 bits per heavy atom. The summed E-state index contributed by atoms with van der Waals surface area (Å²) in [5, 5.41) is 2.89. The molecule has 8 heteroatoms. The summed E-state index contributed by atoms with van der Waals surface area (Å²) in [6, 6.07) is 5.96. The molecule has 1 N–H and O–H groups in total. The van der Waals surface area contributed by atoms with Gasteiger partial charge in [0.05, 0.1) is 23.5 Å². The number of nitrogens with zero attached hydrogens (tertiary/aromatic N) is 4. The number of aromatic nitrogens is 2. The van der Waals surface area contributed by atoms with E-state index in [-0.39, 0.29) is 23.8 Å². The van der Waals surface area contributed by atoms with E-state index in [4.69, 9.17) is 0 Å². The van der Waals surface area contributed by atoms with Gasteiger partial charge in [-0.05, 0) is 52.9 Å². The molecule has 0 radical (unpaired) electrons. The quantitative estimate of drug-likeness (QED) is 0.708. The highest BCUT2D eigenvalue weighted by atomic mass is 79.9. The molecule has 0 saturated carbocycles. The van der Waals surface area contributed by atoms with Gasteiger partial charge in [-0.3, -0.25) is 14.6 Å². The maximum Gasteiger partial charge on any atom is 0.255 e. The van der Waals surface area contributed by atoms with Crippen molar-refractivity contribution in [3.8, 4) is 0 Å². The lowest BCUT2D eigenvalue weighted by Crippen LogP contribution is -2.41. The highest BCUT2D eigenvalue weighted by Crippen LogP contribution is 2.33. The monoisotopic (exact) mass is 485 g/mol. The van der Waals surface area contributed by atoms with Crippen LogP contribution in [0.2, 0.25) is 0 Å². The molecule has 164 valence electrons. The third-order valence-electron chi connectivity index (χ3n) is 6.10. The summed E-state index contributed by atoms with van der Waals surface area (Å²) >= 11 is 3.40. The molecule has 4 rings (SSSR count). The van der Waals surface area contributed by atoms with Crippen LogP contribution in [-0.4, -0.2) is 52.4 Å². The first kappa shape index (κ1) is 21.7. The van der Waals surface area contributed by atoms with E-state index in [1.54, 1.807) is 18.6 Å². The normalized spacial score (nSPS) is 21.0. The highest BCUT2D eigenvalue weighted by Gasteiger charge is 2.40. The molecular formula is C23H28BrN5O2. The molecule has 0 bridgehead atoms. The molecule has 0 spiro atoms. The lowest BCUT2D eigenvalue weighted by molar-refractivity contribution is -0.118. The molecule has 0 aliphatic carbocycles. The Bertz CT molecular complexity index is 949. The van der Waals surface area contributed by atoms with Gasteiger partial charge in [0.2, 0.25) is 5.91 Å². The van der Waals surface area contributed by atoms with Crippen LogP contribution in [0.25, 0.3) is 0 Å². The van der Waals surface area contributed by atoms with Gasteiger partial charge in [0.15, 0.2) is 0 Å². The molecule has 2 atom stereocenters. The second-order valence-electron chi connectivity index (χ2n) is 8.67. The van der Waals surface area contributed by atoms with Crippen molar-refractivity contribution in [2.45, 2.75) is 39.2 Å². The van der Waals surface area contributed by atoms with Gasteiger partial charge in [0.1, 0.15) is 5.82 Å². The largest absolute Gasteiger partial charge is 0.352 e. The third kappa shape index (κ3) is 4.89. The van der Waals surface area contributed by atoms with E-state index in [0.717, 1.165) is 42.6 Å². The topological polar surface area (TPSA) is 78.4 Å². The van der Waals surface area contributed by atoms with Crippen molar-refractivity contribution in [3.63, 3.8) is 0 Å². The average Bonchev–Trinajstić information content (AvgIpc) is 3.08. The summed E-state index contributed by atoms with van der Waals surface area (Å²) in [5.74, 6) is 1.26. The number of nitrogens with one attached hydrogen (secondary N) is 1. The number of amides is 2. The molecule has 0 unspecified atom stereocenters. The first-order valence-corrected chi connectivity index (χ1v) is 11.6. The summed E-state index contributed by atoms with van der Waals surface area (Å²) in [6.07, 6.45) is 8.42. The Labute approximate surface area is 191 Å². The lowest BCUT2D eigenvalue weighted by atomic mass is 9.98. The first-order chi connectivity index (χ1) is 14.9. The molecule has 2 saturated heterocycles. The van der Waals surface area contributed by atoms with E-state index in [9.17, 15) is 9.59 Å². The molecule has 2 aliphatic heterocycles. The number of fused-ring (bicyclic) bond motifs is 1. The molecule has 2 amide bonds. The molecule has 0 aromatic carbocycles. The van der Waals surface area contributed by atoms with Gasteiger partial charge < -0.3 is 15.1 Å². The fraction of sp³-hybridized carbons (Fsp3) is 0.478. The number of likely N-dealkylation sites (tertiary alicyclic amines) is 1. The molecular weight excluding hydrogens is 458 g/mol. The lowest BCUT2D eigenvalue weighted by Gasteiger charge is -2.31. The van der Waals surface area contributed by atoms with Gasteiger partial charge in [0.25, 0.3) is 5.91 Å². The molecule has 31 heavy (non-hydrogen) atoms. The van der Waals surface area contributed by atoms with Crippen LogP contribution in [0, 0.1) is 11.8 Å². The SMILES string of the molecule is CC(C)C(=O)Nc1ccc(N2CCCC[C@@H]3CN(C(=O)c4cncc(Br)c4)C[C@@H]32)nc1. The molecule has 2 aromatic rings. The average molecular weight is 486 g/mol. The Kier molecular flexibility index (Phi) is 6.55. The van der Waals surface area contributed by atoms with E-state index in [0.29, 0.717) is 23.7 Å². The minimum Gasteiger partial charge on any atom is -0.352 e. The molecule has 2 aromatic heterocycles. The van der Waals surface area contributed by atoms with E-state index >= 15 is 0 Å². The predicted molar refractivity (Wildman–Crippen MR) is 124 cm³/mol. The van der Waals surface area contributed by atoms with Gasteiger partial charge in [-0.2, -0.15) is 0 Å². The van der Waals surface area contributed by atoms with Gasteiger partial charge in [-0.1, -0.05) is 20.3 Å². The zero-order valence-electron chi connectivity index (χ0n) is 17.9. The number of halogens is 1.